The second-order valence-electron chi connectivity index (χ2n) is 2.36. The van der Waals surface area contributed by atoms with Crippen LogP contribution >= 0.6 is 0 Å². The molecule has 0 aromatic rings. The molecule has 8 heavy (non-hydrogen) atoms. The van der Waals surface area contributed by atoms with E-state index in [-0.39, 0.29) is 39.3 Å². The molecule has 3 heteroatoms. The predicted octanol–water partition coefficient (Wildman–Crippen LogP) is 1.20. The molecule has 0 saturated heterocycles. The van der Waals surface area contributed by atoms with E-state index < -0.39 is 5.54 Å². The van der Waals surface area contributed by atoms with Crippen molar-refractivity contribution in [3.63, 3.8) is 0 Å². The van der Waals surface area contributed by atoms with Crippen LogP contribution in [0.15, 0.2) is 0 Å². The molecule has 0 heterocycles. The van der Waals surface area contributed by atoms with Gasteiger partial charge in [0.15, 0.2) is 0 Å². The maximum absolute atomic E-state index is 8.28. The first-order chi connectivity index (χ1) is 3.06. The summed E-state index contributed by atoms with van der Waals surface area (Å²) in [6.45, 7) is 3.68. The van der Waals surface area contributed by atoms with Gasteiger partial charge in [0.05, 0.1) is 0 Å². The van der Waals surface area contributed by atoms with Gasteiger partial charge in [0.1, 0.15) is 0 Å². The van der Waals surface area contributed by atoms with Gasteiger partial charge in [-0.1, -0.05) is 13.8 Å². The van der Waals surface area contributed by atoms with Crippen molar-refractivity contribution >= 4 is 0 Å². The number of hydrogen-bond donors (Lipinski definition) is 1. The molecule has 0 aliphatic carbocycles. The van der Waals surface area contributed by atoms with Crippen LogP contribution < -0.4 is 0 Å². The minimum atomic E-state index is -0.450. The van der Waals surface area contributed by atoms with E-state index in [1.165, 1.54) is 0 Å². The molecule has 0 aliphatic heterocycles. The van der Waals surface area contributed by atoms with E-state index in [0.29, 0.717) is 6.42 Å². The second-order valence-corrected chi connectivity index (χ2v) is 2.36. The van der Waals surface area contributed by atoms with E-state index in [2.05, 4.69) is 0 Å². The zero-order valence-corrected chi connectivity index (χ0v) is 8.28. The monoisotopic (exact) mass is 191 g/mol. The molecule has 0 bridgehead atoms. The first-order valence-corrected chi connectivity index (χ1v) is 2.42. The van der Waals surface area contributed by atoms with Crippen molar-refractivity contribution in [2.24, 2.45) is 0 Å². The van der Waals surface area contributed by atoms with Crippen LogP contribution in [0.2, 0.25) is 0 Å². The third kappa shape index (κ3) is 10.1. The average molecular weight is 191 g/mol. The van der Waals surface area contributed by atoms with Gasteiger partial charge in [-0.3, -0.25) is 0 Å². The quantitative estimate of drug-likeness (QED) is 0.700. The van der Waals surface area contributed by atoms with Crippen LogP contribution in [-0.2, 0) is 32.7 Å². The van der Waals surface area contributed by atoms with Gasteiger partial charge in [0.2, 0.25) is 0 Å². The smallest absolute Gasteiger partial charge is 0.0419 e. The Morgan fingerprint density at radius 1 is 1.50 bits per heavy atom. The fraction of sp³-hybridized carbons (Fsp3) is 1.00. The minimum Gasteiger partial charge on any atom is -0.672 e. The molecule has 2 nitrogen and oxygen atoms in total. The molecule has 0 amide bonds. The van der Waals surface area contributed by atoms with Crippen molar-refractivity contribution in [2.75, 3.05) is 6.61 Å². The SMILES string of the molecule is CC(C)([NH-])CCO.[Y]. The summed E-state index contributed by atoms with van der Waals surface area (Å²) in [4.78, 5) is 0. The summed E-state index contributed by atoms with van der Waals surface area (Å²) in [5.74, 6) is 0. The molecule has 47 valence electrons. The Kier molecular flexibility index (Phi) is 7.16. The third-order valence-electron chi connectivity index (χ3n) is 0.737. The van der Waals surface area contributed by atoms with Crippen molar-refractivity contribution in [3.05, 3.63) is 5.73 Å². The Balaban J connectivity index is 0. The first kappa shape index (κ1) is 11.8. The maximum Gasteiger partial charge on any atom is 0.0419 e. The summed E-state index contributed by atoms with van der Waals surface area (Å²) in [6, 6.07) is 0. The second kappa shape index (κ2) is 4.86. The summed E-state index contributed by atoms with van der Waals surface area (Å²) in [5, 5.41) is 8.28. The van der Waals surface area contributed by atoms with Gasteiger partial charge in [0.25, 0.3) is 0 Å². The van der Waals surface area contributed by atoms with Gasteiger partial charge in [-0.2, -0.15) is 0 Å². The van der Waals surface area contributed by atoms with Gasteiger partial charge in [-0.15, -0.1) is 5.54 Å². The summed E-state index contributed by atoms with van der Waals surface area (Å²) in [6.07, 6.45) is 0.562. The molecule has 0 atom stereocenters. The Morgan fingerprint density at radius 2 is 1.88 bits per heavy atom. The Morgan fingerprint density at radius 3 is 1.88 bits per heavy atom. The Labute approximate surface area is 75.7 Å². The molecule has 2 N–H and O–H groups in total. The number of aliphatic hydroxyl groups excluding tert-OH is 1. The summed E-state index contributed by atoms with van der Waals surface area (Å²) in [5.41, 5.74) is 6.72. The van der Waals surface area contributed by atoms with Crippen LogP contribution in [0.1, 0.15) is 20.3 Å². The van der Waals surface area contributed by atoms with E-state index in [1.807, 2.05) is 0 Å². The van der Waals surface area contributed by atoms with E-state index in [1.54, 1.807) is 13.8 Å². The molecule has 0 fully saturated rings. The number of rotatable bonds is 2. The van der Waals surface area contributed by atoms with Crippen LogP contribution in [0.4, 0.5) is 0 Å². The molecule has 0 saturated carbocycles. The summed E-state index contributed by atoms with van der Waals surface area (Å²) in [7, 11) is 0. The number of hydrogen-bond acceptors (Lipinski definition) is 1. The van der Waals surface area contributed by atoms with Crippen LogP contribution in [0, 0.1) is 0 Å². The molecule has 1 radical (unpaired) electrons. The van der Waals surface area contributed by atoms with Crippen LogP contribution in [-0.4, -0.2) is 17.3 Å². The van der Waals surface area contributed by atoms with Crippen molar-refractivity contribution in [1.82, 2.24) is 0 Å². The molecule has 0 unspecified atom stereocenters. The molecule has 0 rings (SSSR count). The van der Waals surface area contributed by atoms with Gasteiger partial charge in [0, 0.05) is 39.3 Å². The first-order valence-electron chi connectivity index (χ1n) is 2.42. The zero-order valence-electron chi connectivity index (χ0n) is 5.44. The van der Waals surface area contributed by atoms with Gasteiger partial charge >= 0.3 is 0 Å². The zero-order chi connectivity index (χ0) is 5.91. The standard InChI is InChI=1S/C5H12NO.Y/c1-5(2,6)3-4-7;/h6-7H,3-4H2,1-2H3;/q-1;. The molecule has 0 aromatic heterocycles. The Hall–Kier alpha value is 1.02. The summed E-state index contributed by atoms with van der Waals surface area (Å²) < 4.78 is 0. The van der Waals surface area contributed by atoms with Crippen molar-refractivity contribution in [1.29, 1.82) is 0 Å². The Bertz CT molecular complexity index is 50.9. The van der Waals surface area contributed by atoms with Crippen molar-refractivity contribution in [2.45, 2.75) is 25.8 Å². The van der Waals surface area contributed by atoms with Gasteiger partial charge in [-0.25, -0.2) is 0 Å². The van der Waals surface area contributed by atoms with E-state index in [9.17, 15) is 0 Å². The number of aliphatic hydroxyl groups is 1. The van der Waals surface area contributed by atoms with Crippen LogP contribution in [0.5, 0.6) is 0 Å². The van der Waals surface area contributed by atoms with Gasteiger partial charge in [-0.05, 0) is 6.42 Å². The third-order valence-corrected chi connectivity index (χ3v) is 0.737. The maximum atomic E-state index is 8.28. The normalized spacial score (nSPS) is 10.5. The largest absolute Gasteiger partial charge is 0.672 e. The van der Waals surface area contributed by atoms with Crippen LogP contribution in [0.25, 0.3) is 5.73 Å². The molecular weight excluding hydrogens is 179 g/mol. The van der Waals surface area contributed by atoms with Crippen molar-refractivity contribution < 1.29 is 37.8 Å². The fourth-order valence-corrected chi connectivity index (χ4v) is 0.280. The van der Waals surface area contributed by atoms with E-state index >= 15 is 0 Å². The minimum absolute atomic E-state index is 0. The fourth-order valence-electron chi connectivity index (χ4n) is 0.280. The predicted molar refractivity (Wildman–Crippen MR) is 30.1 cm³/mol. The molecule has 0 aromatic carbocycles. The van der Waals surface area contributed by atoms with Crippen molar-refractivity contribution in [3.8, 4) is 0 Å². The molecular formula is C5H12NOY-. The van der Waals surface area contributed by atoms with Gasteiger partial charge < -0.3 is 10.8 Å². The average Bonchev–Trinajstić information content (AvgIpc) is 1.30. The van der Waals surface area contributed by atoms with Crippen LogP contribution in [0.3, 0.4) is 0 Å². The topological polar surface area (TPSA) is 44.0 Å². The summed E-state index contributed by atoms with van der Waals surface area (Å²) >= 11 is 0. The van der Waals surface area contributed by atoms with E-state index in [4.69, 9.17) is 10.8 Å². The molecule has 0 spiro atoms. The molecule has 0 aliphatic rings. The van der Waals surface area contributed by atoms with E-state index in [0.717, 1.165) is 0 Å². The number of nitrogens with one attached hydrogen (secondary N) is 1.